The minimum absolute atomic E-state index is 0.216. The fourth-order valence-corrected chi connectivity index (χ4v) is 2.03. The molecule has 0 amide bonds. The van der Waals surface area contributed by atoms with Gasteiger partial charge in [0.2, 0.25) is 0 Å². The van der Waals surface area contributed by atoms with E-state index in [0.29, 0.717) is 18.8 Å². The van der Waals surface area contributed by atoms with Gasteiger partial charge in [-0.1, -0.05) is 26.0 Å². The van der Waals surface area contributed by atoms with Gasteiger partial charge in [-0.25, -0.2) is 4.68 Å². The highest BCUT2D eigenvalue weighted by Gasteiger charge is 2.08. The van der Waals surface area contributed by atoms with E-state index in [-0.39, 0.29) is 11.2 Å². The van der Waals surface area contributed by atoms with E-state index in [0.717, 1.165) is 24.2 Å². The zero-order valence-electron chi connectivity index (χ0n) is 12.5. The van der Waals surface area contributed by atoms with Gasteiger partial charge in [-0.15, -0.1) is 0 Å². The van der Waals surface area contributed by atoms with Crippen LogP contribution in [0.1, 0.15) is 26.7 Å². The molecule has 0 aliphatic carbocycles. The van der Waals surface area contributed by atoms with E-state index in [1.807, 2.05) is 31.2 Å². The van der Waals surface area contributed by atoms with Gasteiger partial charge in [0.25, 0.3) is 5.56 Å². The van der Waals surface area contributed by atoms with Gasteiger partial charge in [0.15, 0.2) is 0 Å². The van der Waals surface area contributed by atoms with E-state index in [9.17, 15) is 4.79 Å². The van der Waals surface area contributed by atoms with Crippen LogP contribution in [0.25, 0.3) is 11.3 Å². The summed E-state index contributed by atoms with van der Waals surface area (Å²) in [5, 5.41) is 4.38. The first-order chi connectivity index (χ1) is 10.2. The summed E-state index contributed by atoms with van der Waals surface area (Å²) in [4.78, 5) is 11.9. The van der Waals surface area contributed by atoms with Crippen LogP contribution >= 0.6 is 0 Å². The first-order valence-electron chi connectivity index (χ1n) is 7.26. The van der Waals surface area contributed by atoms with Gasteiger partial charge in [0, 0.05) is 12.1 Å². The van der Waals surface area contributed by atoms with Gasteiger partial charge in [-0.2, -0.15) is 5.10 Å². The Morgan fingerprint density at radius 3 is 2.76 bits per heavy atom. The van der Waals surface area contributed by atoms with Crippen LogP contribution in [0.2, 0.25) is 0 Å². The average molecular weight is 287 g/mol. The van der Waals surface area contributed by atoms with Gasteiger partial charge < -0.3 is 10.5 Å². The van der Waals surface area contributed by atoms with Crippen molar-refractivity contribution >= 4 is 5.69 Å². The van der Waals surface area contributed by atoms with Crippen molar-refractivity contribution in [2.45, 2.75) is 33.2 Å². The maximum absolute atomic E-state index is 11.9. The van der Waals surface area contributed by atoms with Crippen molar-refractivity contribution in [2.75, 3.05) is 12.3 Å². The number of hydrogen-bond donors (Lipinski definition) is 1. The van der Waals surface area contributed by atoms with Gasteiger partial charge in [0.05, 0.1) is 12.3 Å². The zero-order chi connectivity index (χ0) is 15.2. The summed E-state index contributed by atoms with van der Waals surface area (Å²) in [5.41, 5.74) is 7.35. The largest absolute Gasteiger partial charge is 0.494 e. The van der Waals surface area contributed by atoms with Crippen molar-refractivity contribution in [3.8, 4) is 17.0 Å². The first-order valence-corrected chi connectivity index (χ1v) is 7.26. The molecule has 2 rings (SSSR count). The van der Waals surface area contributed by atoms with E-state index < -0.39 is 0 Å². The molecule has 0 fully saturated rings. The summed E-state index contributed by atoms with van der Waals surface area (Å²) in [7, 11) is 0. The van der Waals surface area contributed by atoms with Crippen LogP contribution in [0.15, 0.2) is 35.1 Å². The highest BCUT2D eigenvalue weighted by Crippen LogP contribution is 2.22. The molecule has 2 N–H and O–H groups in total. The smallest absolute Gasteiger partial charge is 0.289 e. The number of rotatable bonds is 6. The molecule has 0 aliphatic heterocycles. The Hall–Kier alpha value is -2.30. The maximum atomic E-state index is 11.9. The summed E-state index contributed by atoms with van der Waals surface area (Å²) in [6.45, 7) is 5.29. The lowest BCUT2D eigenvalue weighted by atomic mass is 10.1. The predicted octanol–water partition coefficient (Wildman–Crippen LogP) is 2.69. The molecule has 0 radical (unpaired) electrons. The van der Waals surface area contributed by atoms with E-state index in [2.05, 4.69) is 12.0 Å². The Morgan fingerprint density at radius 2 is 2.05 bits per heavy atom. The van der Waals surface area contributed by atoms with Crippen LogP contribution in [-0.2, 0) is 6.54 Å². The molecule has 5 nitrogen and oxygen atoms in total. The molecule has 21 heavy (non-hydrogen) atoms. The topological polar surface area (TPSA) is 70.1 Å². The summed E-state index contributed by atoms with van der Waals surface area (Å²) in [6, 6.07) is 9.28. The van der Waals surface area contributed by atoms with Crippen LogP contribution in [0, 0.1) is 0 Å². The molecule has 1 aromatic heterocycles. The summed E-state index contributed by atoms with van der Waals surface area (Å²) >= 11 is 0. The highest BCUT2D eigenvalue weighted by molar-refractivity contribution is 5.63. The molecule has 0 unspecified atom stereocenters. The normalized spacial score (nSPS) is 10.6. The van der Waals surface area contributed by atoms with Crippen molar-refractivity contribution in [1.82, 2.24) is 9.78 Å². The molecule has 5 heteroatoms. The minimum Gasteiger partial charge on any atom is -0.494 e. The molecule has 2 aromatic rings. The minimum atomic E-state index is -0.237. The third kappa shape index (κ3) is 3.62. The molecule has 0 saturated carbocycles. The van der Waals surface area contributed by atoms with Crippen molar-refractivity contribution in [3.05, 3.63) is 40.7 Å². The first kappa shape index (κ1) is 15.1. The van der Waals surface area contributed by atoms with E-state index in [4.69, 9.17) is 10.5 Å². The lowest BCUT2D eigenvalue weighted by Crippen LogP contribution is -2.25. The Bertz CT molecular complexity index is 665. The average Bonchev–Trinajstić information content (AvgIpc) is 2.50. The third-order valence-electron chi connectivity index (χ3n) is 3.04. The van der Waals surface area contributed by atoms with E-state index >= 15 is 0 Å². The third-order valence-corrected chi connectivity index (χ3v) is 3.04. The number of nitrogens with zero attached hydrogens (tertiary/aromatic N) is 2. The second-order valence-electron chi connectivity index (χ2n) is 4.89. The fraction of sp³-hybridized carbons (Fsp3) is 0.375. The number of aromatic nitrogens is 2. The lowest BCUT2D eigenvalue weighted by Gasteiger charge is -2.10. The lowest BCUT2D eigenvalue weighted by molar-refractivity contribution is 0.317. The number of anilines is 1. The second-order valence-corrected chi connectivity index (χ2v) is 4.89. The molecule has 1 heterocycles. The van der Waals surface area contributed by atoms with Gasteiger partial charge in [-0.05, 0) is 31.0 Å². The molecule has 1 aromatic carbocycles. The van der Waals surface area contributed by atoms with Crippen molar-refractivity contribution in [1.29, 1.82) is 0 Å². The van der Waals surface area contributed by atoms with Gasteiger partial charge >= 0.3 is 0 Å². The molecule has 0 bridgehead atoms. The van der Waals surface area contributed by atoms with E-state index in [1.165, 1.54) is 4.68 Å². The van der Waals surface area contributed by atoms with Crippen LogP contribution in [0.4, 0.5) is 5.69 Å². The van der Waals surface area contributed by atoms with Gasteiger partial charge in [-0.3, -0.25) is 4.79 Å². The molecular weight excluding hydrogens is 266 g/mol. The standard InChI is InChI=1S/C16H21N3O2/c1-3-8-19-16(20)14(17)11-15(18-19)12-6-5-7-13(10-12)21-9-4-2/h5-7,10-11H,3-4,8-9,17H2,1-2H3. The van der Waals surface area contributed by atoms with Crippen LogP contribution in [0.3, 0.4) is 0 Å². The Morgan fingerprint density at radius 1 is 1.24 bits per heavy atom. The van der Waals surface area contributed by atoms with Crippen LogP contribution in [0.5, 0.6) is 5.75 Å². The van der Waals surface area contributed by atoms with Gasteiger partial charge in [0.1, 0.15) is 11.4 Å². The number of hydrogen-bond acceptors (Lipinski definition) is 4. The summed E-state index contributed by atoms with van der Waals surface area (Å²) in [6.07, 6.45) is 1.78. The molecule has 0 saturated heterocycles. The number of nitrogens with two attached hydrogens (primary N) is 1. The number of benzene rings is 1. The highest BCUT2D eigenvalue weighted by atomic mass is 16.5. The number of nitrogen functional groups attached to an aromatic ring is 1. The zero-order valence-corrected chi connectivity index (χ0v) is 12.5. The van der Waals surface area contributed by atoms with Crippen molar-refractivity contribution in [3.63, 3.8) is 0 Å². The Kier molecular flexibility index (Phi) is 4.98. The maximum Gasteiger partial charge on any atom is 0.289 e. The summed E-state index contributed by atoms with van der Waals surface area (Å²) < 4.78 is 7.04. The number of aryl methyl sites for hydroxylation is 1. The second kappa shape index (κ2) is 6.92. The summed E-state index contributed by atoms with van der Waals surface area (Å²) in [5.74, 6) is 0.794. The van der Waals surface area contributed by atoms with Crippen LogP contribution in [-0.4, -0.2) is 16.4 Å². The van der Waals surface area contributed by atoms with Crippen LogP contribution < -0.4 is 16.0 Å². The molecule has 112 valence electrons. The SMILES string of the molecule is CCCOc1cccc(-c2cc(N)c(=O)n(CCC)n2)c1. The van der Waals surface area contributed by atoms with Crippen molar-refractivity contribution in [2.24, 2.45) is 0 Å². The van der Waals surface area contributed by atoms with Crippen molar-refractivity contribution < 1.29 is 4.74 Å². The molecule has 0 aliphatic rings. The number of ether oxygens (including phenoxy) is 1. The predicted molar refractivity (Wildman–Crippen MR) is 84.4 cm³/mol. The Balaban J connectivity index is 2.39. The fourth-order valence-electron chi connectivity index (χ4n) is 2.03. The van der Waals surface area contributed by atoms with E-state index in [1.54, 1.807) is 6.07 Å². The quantitative estimate of drug-likeness (QED) is 0.886. The monoisotopic (exact) mass is 287 g/mol. The Labute approximate surface area is 124 Å². The molecule has 0 atom stereocenters. The molecular formula is C16H21N3O2. The molecule has 0 spiro atoms.